The van der Waals surface area contributed by atoms with Crippen molar-refractivity contribution in [1.82, 2.24) is 9.80 Å². The van der Waals surface area contributed by atoms with Crippen LogP contribution in [-0.4, -0.2) is 47.9 Å². The number of likely N-dealkylation sites (tertiary alicyclic amines) is 1. The van der Waals surface area contributed by atoms with E-state index in [9.17, 15) is 4.79 Å². The number of amides is 1. The molecule has 3 atom stereocenters. The molecule has 3 heteroatoms. The first-order valence-corrected chi connectivity index (χ1v) is 13.4. The van der Waals surface area contributed by atoms with Crippen molar-refractivity contribution in [1.29, 1.82) is 0 Å². The summed E-state index contributed by atoms with van der Waals surface area (Å²) in [7, 11) is 0. The highest BCUT2D eigenvalue weighted by Gasteiger charge is 2.42. The summed E-state index contributed by atoms with van der Waals surface area (Å²) in [5.74, 6) is 0.936. The Morgan fingerprint density at radius 3 is 2.29 bits per heavy atom. The Hall–Kier alpha value is -2.91. The number of carbonyl (C=O) groups excluding carboxylic acids is 1. The third kappa shape index (κ3) is 4.54. The van der Waals surface area contributed by atoms with Gasteiger partial charge < -0.3 is 4.90 Å². The Morgan fingerprint density at radius 1 is 0.829 bits per heavy atom. The number of piperidine rings is 1. The SMILES string of the molecule is O=C(c1ccccc1)N1CC[C@@](CCN2C[C@H]3CC[C@@H]2Cc2ccccc2C3)(c2ccccc2)C1. The van der Waals surface area contributed by atoms with E-state index in [0.717, 1.165) is 44.0 Å². The van der Waals surface area contributed by atoms with E-state index < -0.39 is 0 Å². The number of rotatable bonds is 5. The Kier molecular flexibility index (Phi) is 6.20. The van der Waals surface area contributed by atoms with Gasteiger partial charge in [0.15, 0.2) is 0 Å². The molecule has 3 nitrogen and oxygen atoms in total. The number of benzene rings is 3. The summed E-state index contributed by atoms with van der Waals surface area (Å²) in [5, 5.41) is 0. The molecular formula is C32H36N2O. The predicted molar refractivity (Wildman–Crippen MR) is 142 cm³/mol. The Morgan fingerprint density at radius 2 is 1.51 bits per heavy atom. The van der Waals surface area contributed by atoms with Gasteiger partial charge in [-0.1, -0.05) is 72.8 Å². The lowest BCUT2D eigenvalue weighted by Crippen LogP contribution is -2.48. The molecule has 3 heterocycles. The van der Waals surface area contributed by atoms with Crippen LogP contribution in [0.4, 0.5) is 0 Å². The highest BCUT2D eigenvalue weighted by Crippen LogP contribution is 2.40. The summed E-state index contributed by atoms with van der Waals surface area (Å²) in [6.45, 7) is 3.99. The third-order valence-electron chi connectivity index (χ3n) is 8.93. The Balaban J connectivity index is 1.22. The van der Waals surface area contributed by atoms with Gasteiger partial charge in [0.25, 0.3) is 5.91 Å². The molecule has 1 amide bonds. The number of carbonyl (C=O) groups is 1. The van der Waals surface area contributed by atoms with Crippen molar-refractivity contribution >= 4 is 5.91 Å². The van der Waals surface area contributed by atoms with Gasteiger partial charge in [-0.05, 0) is 79.8 Å². The standard InChI is InChI=1S/C32H36N2O/c35-31(26-9-3-1-4-10-26)34-20-18-32(24-34,29-13-5-2-6-14-29)17-19-33-23-25-15-16-30(33)22-28-12-8-7-11-27(28)21-25/h1-14,25,30H,15-24H2/t25-,30+,32+/m0/s1. The van der Waals surface area contributed by atoms with Crippen LogP contribution < -0.4 is 0 Å². The monoisotopic (exact) mass is 464 g/mol. The largest absolute Gasteiger partial charge is 0.338 e. The van der Waals surface area contributed by atoms with Crippen LogP contribution in [0, 0.1) is 5.92 Å². The third-order valence-corrected chi connectivity index (χ3v) is 8.93. The van der Waals surface area contributed by atoms with Crippen molar-refractivity contribution in [2.75, 3.05) is 26.2 Å². The summed E-state index contributed by atoms with van der Waals surface area (Å²) in [5.41, 5.74) is 5.37. The van der Waals surface area contributed by atoms with Crippen LogP contribution in [-0.2, 0) is 18.3 Å². The van der Waals surface area contributed by atoms with Crippen molar-refractivity contribution in [3.8, 4) is 0 Å². The topological polar surface area (TPSA) is 23.6 Å². The van der Waals surface area contributed by atoms with Gasteiger partial charge in [0.05, 0.1) is 0 Å². The second kappa shape index (κ2) is 9.62. The summed E-state index contributed by atoms with van der Waals surface area (Å²) in [6.07, 6.45) is 7.23. The summed E-state index contributed by atoms with van der Waals surface area (Å²) < 4.78 is 0. The minimum atomic E-state index is 0.0330. The predicted octanol–water partition coefficient (Wildman–Crippen LogP) is 5.74. The van der Waals surface area contributed by atoms with Gasteiger partial charge in [0.1, 0.15) is 0 Å². The van der Waals surface area contributed by atoms with Gasteiger partial charge in [0, 0.05) is 36.7 Å². The van der Waals surface area contributed by atoms with Crippen molar-refractivity contribution in [3.63, 3.8) is 0 Å². The zero-order valence-corrected chi connectivity index (χ0v) is 20.6. The van der Waals surface area contributed by atoms with Crippen LogP contribution in [0.1, 0.15) is 52.7 Å². The molecule has 35 heavy (non-hydrogen) atoms. The zero-order valence-electron chi connectivity index (χ0n) is 20.6. The molecule has 4 aliphatic rings. The molecule has 3 aromatic rings. The van der Waals surface area contributed by atoms with Crippen LogP contribution >= 0.6 is 0 Å². The molecule has 1 aliphatic carbocycles. The zero-order chi connectivity index (χ0) is 23.7. The van der Waals surface area contributed by atoms with E-state index in [2.05, 4.69) is 64.4 Å². The van der Waals surface area contributed by atoms with Gasteiger partial charge in [-0.25, -0.2) is 0 Å². The van der Waals surface area contributed by atoms with E-state index in [-0.39, 0.29) is 11.3 Å². The Labute approximate surface area is 209 Å². The van der Waals surface area contributed by atoms with E-state index in [1.807, 2.05) is 30.3 Å². The van der Waals surface area contributed by atoms with Crippen molar-refractivity contribution in [3.05, 3.63) is 107 Å². The summed E-state index contributed by atoms with van der Waals surface area (Å²) in [4.78, 5) is 18.2. The van der Waals surface area contributed by atoms with Gasteiger partial charge in [0.2, 0.25) is 0 Å². The Bertz CT molecular complexity index is 1160. The fourth-order valence-electron chi connectivity index (χ4n) is 6.92. The van der Waals surface area contributed by atoms with Gasteiger partial charge in [-0.3, -0.25) is 9.69 Å². The second-order valence-corrected chi connectivity index (χ2v) is 11.0. The molecule has 0 spiro atoms. The van der Waals surface area contributed by atoms with Crippen LogP contribution in [0.3, 0.4) is 0 Å². The molecule has 2 fully saturated rings. The lowest BCUT2D eigenvalue weighted by atomic mass is 9.75. The van der Waals surface area contributed by atoms with Crippen molar-refractivity contribution in [2.24, 2.45) is 5.92 Å². The van der Waals surface area contributed by atoms with Gasteiger partial charge in [-0.2, -0.15) is 0 Å². The van der Waals surface area contributed by atoms with Crippen LogP contribution in [0.2, 0.25) is 0 Å². The number of hydrogen-bond donors (Lipinski definition) is 0. The number of nitrogens with zero attached hydrogens (tertiary/aromatic N) is 2. The summed E-state index contributed by atoms with van der Waals surface area (Å²) >= 11 is 0. The molecule has 0 unspecified atom stereocenters. The molecule has 3 aromatic carbocycles. The average Bonchev–Trinajstić information content (AvgIpc) is 3.34. The molecule has 180 valence electrons. The van der Waals surface area contributed by atoms with E-state index in [4.69, 9.17) is 0 Å². The van der Waals surface area contributed by atoms with Gasteiger partial charge >= 0.3 is 0 Å². The maximum atomic E-state index is 13.3. The maximum Gasteiger partial charge on any atom is 0.253 e. The first-order chi connectivity index (χ1) is 17.2. The summed E-state index contributed by atoms with van der Waals surface area (Å²) in [6, 6.07) is 30.5. The van der Waals surface area contributed by atoms with Crippen LogP contribution in [0.5, 0.6) is 0 Å². The second-order valence-electron chi connectivity index (χ2n) is 11.0. The average molecular weight is 465 g/mol. The molecule has 7 rings (SSSR count). The first-order valence-electron chi connectivity index (χ1n) is 13.4. The van der Waals surface area contributed by atoms with Crippen LogP contribution in [0.15, 0.2) is 84.9 Å². The smallest absolute Gasteiger partial charge is 0.253 e. The van der Waals surface area contributed by atoms with Crippen LogP contribution in [0.25, 0.3) is 0 Å². The molecule has 0 aromatic heterocycles. The highest BCUT2D eigenvalue weighted by molar-refractivity contribution is 5.94. The quantitative estimate of drug-likeness (QED) is 0.481. The molecule has 3 aliphatic heterocycles. The molecule has 0 saturated carbocycles. The molecule has 0 N–H and O–H groups in total. The molecular weight excluding hydrogens is 428 g/mol. The van der Waals surface area contributed by atoms with E-state index in [0.29, 0.717) is 6.04 Å². The molecule has 2 saturated heterocycles. The first kappa shape index (κ1) is 22.5. The lowest BCUT2D eigenvalue weighted by molar-refractivity contribution is 0.0765. The van der Waals surface area contributed by atoms with Crippen molar-refractivity contribution < 1.29 is 4.79 Å². The highest BCUT2D eigenvalue weighted by atomic mass is 16.2. The minimum absolute atomic E-state index is 0.0330. The molecule has 2 bridgehead atoms. The maximum absolute atomic E-state index is 13.3. The van der Waals surface area contributed by atoms with Crippen molar-refractivity contribution in [2.45, 2.75) is 50.0 Å². The van der Waals surface area contributed by atoms with E-state index in [1.54, 1.807) is 11.1 Å². The fourth-order valence-corrected chi connectivity index (χ4v) is 6.92. The van der Waals surface area contributed by atoms with E-state index >= 15 is 0 Å². The van der Waals surface area contributed by atoms with Gasteiger partial charge in [-0.15, -0.1) is 0 Å². The normalized spacial score (nSPS) is 26.2. The minimum Gasteiger partial charge on any atom is -0.338 e. The molecule has 0 radical (unpaired) electrons. The number of hydrogen-bond acceptors (Lipinski definition) is 2. The fraction of sp³-hybridized carbons (Fsp3) is 0.406. The van der Waals surface area contributed by atoms with E-state index in [1.165, 1.54) is 37.8 Å². The number of fused-ring (bicyclic) bond motifs is 2. The lowest BCUT2D eigenvalue weighted by Gasteiger charge is -2.44.